The first-order valence-corrected chi connectivity index (χ1v) is 11.1. The van der Waals surface area contributed by atoms with E-state index < -0.39 is 0 Å². The summed E-state index contributed by atoms with van der Waals surface area (Å²) < 4.78 is 2.01. The van der Waals surface area contributed by atoms with Crippen LogP contribution in [0.1, 0.15) is 16.7 Å². The van der Waals surface area contributed by atoms with Crippen LogP contribution in [0, 0.1) is 20.8 Å². The van der Waals surface area contributed by atoms with E-state index in [-0.39, 0.29) is 11.7 Å². The predicted octanol–water partition coefficient (Wildman–Crippen LogP) is 5.59. The normalized spacial score (nSPS) is 10.8. The second-order valence-electron chi connectivity index (χ2n) is 7.55. The largest absolute Gasteiger partial charge is 0.325 e. The lowest BCUT2D eigenvalue weighted by Crippen LogP contribution is -2.14. The highest BCUT2D eigenvalue weighted by Gasteiger charge is 2.17. The van der Waals surface area contributed by atoms with Gasteiger partial charge in [-0.2, -0.15) is 0 Å². The molecule has 0 unspecified atom stereocenters. The van der Waals surface area contributed by atoms with E-state index in [4.69, 9.17) is 0 Å². The van der Waals surface area contributed by atoms with Gasteiger partial charge in [0.15, 0.2) is 11.0 Å². The maximum Gasteiger partial charge on any atom is 0.234 e. The zero-order valence-electron chi connectivity index (χ0n) is 17.8. The van der Waals surface area contributed by atoms with Crippen LogP contribution in [0.4, 0.5) is 5.69 Å². The number of rotatable bonds is 6. The van der Waals surface area contributed by atoms with E-state index in [1.807, 2.05) is 60.0 Å². The zero-order valence-corrected chi connectivity index (χ0v) is 18.6. The van der Waals surface area contributed by atoms with Crippen LogP contribution in [0.25, 0.3) is 17.1 Å². The van der Waals surface area contributed by atoms with Gasteiger partial charge in [-0.05, 0) is 50.6 Å². The molecule has 1 N–H and O–H groups in total. The Labute approximate surface area is 186 Å². The summed E-state index contributed by atoms with van der Waals surface area (Å²) in [4.78, 5) is 12.5. The van der Waals surface area contributed by atoms with Crippen molar-refractivity contribution in [2.45, 2.75) is 25.9 Å². The van der Waals surface area contributed by atoms with Gasteiger partial charge in [-0.25, -0.2) is 0 Å². The van der Waals surface area contributed by atoms with Crippen LogP contribution in [-0.4, -0.2) is 26.4 Å². The summed E-state index contributed by atoms with van der Waals surface area (Å²) in [6.45, 7) is 6.12. The molecule has 0 fully saturated rings. The van der Waals surface area contributed by atoms with E-state index in [0.29, 0.717) is 5.16 Å². The van der Waals surface area contributed by atoms with Gasteiger partial charge < -0.3 is 5.32 Å². The van der Waals surface area contributed by atoms with Crippen molar-refractivity contribution in [2.75, 3.05) is 11.1 Å². The Morgan fingerprint density at radius 3 is 2.23 bits per heavy atom. The maximum atomic E-state index is 12.5. The Bertz CT molecular complexity index is 1200. The Morgan fingerprint density at radius 1 is 0.871 bits per heavy atom. The first kappa shape index (κ1) is 20.9. The van der Waals surface area contributed by atoms with Gasteiger partial charge in [0.25, 0.3) is 0 Å². The summed E-state index contributed by atoms with van der Waals surface area (Å²) in [5, 5.41) is 12.5. The smallest absolute Gasteiger partial charge is 0.234 e. The van der Waals surface area contributed by atoms with Gasteiger partial charge in [0.05, 0.1) is 5.75 Å². The average molecular weight is 429 g/mol. The molecule has 0 atom stereocenters. The standard InChI is InChI=1S/C25H24N4OS/c1-17-7-11-20(12-8-17)24-27-28-25(29(24)22-13-9-18(2)10-14-22)31-16-23(30)26-21-6-4-5-19(3)15-21/h4-15H,16H2,1-3H3,(H,26,30). The number of nitrogens with zero attached hydrogens (tertiary/aromatic N) is 3. The second-order valence-corrected chi connectivity index (χ2v) is 8.49. The van der Waals surface area contributed by atoms with E-state index in [9.17, 15) is 4.79 Å². The van der Waals surface area contributed by atoms with Crippen molar-refractivity contribution < 1.29 is 4.79 Å². The van der Waals surface area contributed by atoms with E-state index in [1.165, 1.54) is 22.9 Å². The van der Waals surface area contributed by atoms with Gasteiger partial charge in [0, 0.05) is 16.9 Å². The molecule has 3 aromatic carbocycles. The van der Waals surface area contributed by atoms with Crippen LogP contribution >= 0.6 is 11.8 Å². The summed E-state index contributed by atoms with van der Waals surface area (Å²) in [5.74, 6) is 0.919. The van der Waals surface area contributed by atoms with Crippen LogP contribution in [0.5, 0.6) is 0 Å². The number of anilines is 1. The van der Waals surface area contributed by atoms with Crippen molar-refractivity contribution in [1.29, 1.82) is 0 Å². The molecule has 0 saturated heterocycles. The molecule has 4 aromatic rings. The van der Waals surface area contributed by atoms with Crippen molar-refractivity contribution >= 4 is 23.4 Å². The molecular weight excluding hydrogens is 404 g/mol. The van der Waals surface area contributed by atoms with Crippen LogP contribution < -0.4 is 5.32 Å². The van der Waals surface area contributed by atoms with Crippen LogP contribution in [0.2, 0.25) is 0 Å². The number of aryl methyl sites for hydroxylation is 3. The van der Waals surface area contributed by atoms with Gasteiger partial charge >= 0.3 is 0 Å². The highest BCUT2D eigenvalue weighted by molar-refractivity contribution is 7.99. The lowest BCUT2D eigenvalue weighted by Gasteiger charge is -2.11. The molecule has 1 heterocycles. The minimum Gasteiger partial charge on any atom is -0.325 e. The van der Waals surface area contributed by atoms with Crippen molar-refractivity contribution in [1.82, 2.24) is 14.8 Å². The fraction of sp³-hybridized carbons (Fsp3) is 0.160. The van der Waals surface area contributed by atoms with Crippen LogP contribution in [0.15, 0.2) is 78.0 Å². The monoisotopic (exact) mass is 428 g/mol. The average Bonchev–Trinajstić information content (AvgIpc) is 3.17. The summed E-state index contributed by atoms with van der Waals surface area (Å²) in [6.07, 6.45) is 0. The second kappa shape index (κ2) is 9.18. The Balaban J connectivity index is 1.60. The Kier molecular flexibility index (Phi) is 6.18. The highest BCUT2D eigenvalue weighted by atomic mass is 32.2. The molecular formula is C25H24N4OS. The van der Waals surface area contributed by atoms with E-state index in [2.05, 4.69) is 53.6 Å². The molecule has 6 heteroatoms. The minimum atomic E-state index is -0.0778. The molecule has 0 aliphatic rings. The molecule has 0 spiro atoms. The molecule has 0 aliphatic heterocycles. The molecule has 0 radical (unpaired) electrons. The topological polar surface area (TPSA) is 59.8 Å². The molecule has 5 nitrogen and oxygen atoms in total. The highest BCUT2D eigenvalue weighted by Crippen LogP contribution is 2.28. The fourth-order valence-corrected chi connectivity index (χ4v) is 3.98. The number of amides is 1. The summed E-state index contributed by atoms with van der Waals surface area (Å²) >= 11 is 1.37. The lowest BCUT2D eigenvalue weighted by atomic mass is 10.1. The van der Waals surface area contributed by atoms with Crippen molar-refractivity contribution in [3.63, 3.8) is 0 Å². The summed E-state index contributed by atoms with van der Waals surface area (Å²) in [7, 11) is 0. The number of hydrogen-bond donors (Lipinski definition) is 1. The number of hydrogen-bond acceptors (Lipinski definition) is 4. The summed E-state index contributed by atoms with van der Waals surface area (Å²) in [6, 6.07) is 24.2. The SMILES string of the molecule is Cc1ccc(-c2nnc(SCC(=O)Nc3cccc(C)c3)n2-c2ccc(C)cc2)cc1. The molecule has 156 valence electrons. The van der Waals surface area contributed by atoms with Crippen molar-refractivity contribution in [3.05, 3.63) is 89.5 Å². The third-order valence-corrected chi connectivity index (χ3v) is 5.80. The van der Waals surface area contributed by atoms with Gasteiger partial charge in [-0.1, -0.05) is 71.4 Å². The first-order chi connectivity index (χ1) is 15.0. The quantitative estimate of drug-likeness (QED) is 0.407. The molecule has 1 aromatic heterocycles. The number of benzene rings is 3. The predicted molar refractivity (Wildman–Crippen MR) is 127 cm³/mol. The number of thioether (sulfide) groups is 1. The van der Waals surface area contributed by atoms with Crippen LogP contribution in [-0.2, 0) is 4.79 Å². The van der Waals surface area contributed by atoms with Crippen molar-refractivity contribution in [2.24, 2.45) is 0 Å². The number of aromatic nitrogens is 3. The third kappa shape index (κ3) is 5.03. The molecule has 0 saturated carbocycles. The molecule has 0 aliphatic carbocycles. The minimum absolute atomic E-state index is 0.0778. The zero-order chi connectivity index (χ0) is 21.8. The van der Waals surface area contributed by atoms with Gasteiger partial charge in [-0.15, -0.1) is 10.2 Å². The third-order valence-electron chi connectivity index (χ3n) is 4.87. The van der Waals surface area contributed by atoms with Gasteiger partial charge in [-0.3, -0.25) is 9.36 Å². The number of carbonyl (C=O) groups is 1. The fourth-order valence-electron chi connectivity index (χ4n) is 3.23. The first-order valence-electron chi connectivity index (χ1n) is 10.1. The number of nitrogens with one attached hydrogen (secondary N) is 1. The number of carbonyl (C=O) groups excluding carboxylic acids is 1. The lowest BCUT2D eigenvalue weighted by molar-refractivity contribution is -0.113. The molecule has 31 heavy (non-hydrogen) atoms. The van der Waals surface area contributed by atoms with Gasteiger partial charge in [0.2, 0.25) is 5.91 Å². The maximum absolute atomic E-state index is 12.5. The molecule has 1 amide bonds. The molecule has 0 bridgehead atoms. The van der Waals surface area contributed by atoms with Crippen molar-refractivity contribution in [3.8, 4) is 17.1 Å². The Hall–Kier alpha value is -3.38. The van der Waals surface area contributed by atoms with Crippen LogP contribution in [0.3, 0.4) is 0 Å². The van der Waals surface area contributed by atoms with E-state index in [0.717, 1.165) is 28.3 Å². The Morgan fingerprint density at radius 2 is 1.55 bits per heavy atom. The van der Waals surface area contributed by atoms with E-state index in [1.54, 1.807) is 0 Å². The summed E-state index contributed by atoms with van der Waals surface area (Å²) in [5.41, 5.74) is 6.22. The van der Waals surface area contributed by atoms with E-state index >= 15 is 0 Å². The molecule has 4 rings (SSSR count). The van der Waals surface area contributed by atoms with Gasteiger partial charge in [0.1, 0.15) is 0 Å².